The van der Waals surface area contributed by atoms with Crippen LogP contribution in [0, 0.1) is 17.8 Å². The van der Waals surface area contributed by atoms with Crippen LogP contribution in [-0.2, 0) is 19.1 Å². The lowest BCUT2D eigenvalue weighted by atomic mass is 9.66. The predicted octanol–water partition coefficient (Wildman–Crippen LogP) is 2.30. The van der Waals surface area contributed by atoms with E-state index in [0.29, 0.717) is 17.9 Å². The number of nitrogens with zero attached hydrogens (tertiary/aromatic N) is 1. The van der Waals surface area contributed by atoms with Crippen molar-refractivity contribution in [3.63, 3.8) is 0 Å². The minimum Gasteiger partial charge on any atom is -0.497 e. The molecule has 4 rings (SSSR count). The van der Waals surface area contributed by atoms with Crippen LogP contribution >= 0.6 is 11.8 Å². The Morgan fingerprint density at radius 1 is 1.30 bits per heavy atom. The van der Waals surface area contributed by atoms with E-state index in [-0.39, 0.29) is 42.2 Å². The van der Waals surface area contributed by atoms with Gasteiger partial charge in [-0.15, -0.1) is 11.8 Å². The lowest BCUT2D eigenvalue weighted by Crippen LogP contribution is -2.56. The quantitative estimate of drug-likeness (QED) is 0.555. The van der Waals surface area contributed by atoms with Crippen LogP contribution in [0.2, 0.25) is 0 Å². The number of esters is 1. The van der Waals surface area contributed by atoms with Crippen molar-refractivity contribution in [1.82, 2.24) is 4.90 Å². The normalized spacial score (nSPS) is 33.1. The molecular weight excluding hydrogens is 444 g/mol. The number of carbonyl (C=O) groups is 3. The number of hydrogen-bond acceptors (Lipinski definition) is 7. The summed E-state index contributed by atoms with van der Waals surface area (Å²) in [6.45, 7) is 5.70. The number of likely N-dealkylation sites (tertiary alicyclic amines) is 1. The summed E-state index contributed by atoms with van der Waals surface area (Å²) < 4.78 is 9.79. The third kappa shape index (κ3) is 3.60. The van der Waals surface area contributed by atoms with Gasteiger partial charge in [0.25, 0.3) is 0 Å². The Labute approximate surface area is 198 Å². The number of ether oxygens (including phenoxy) is 2. The highest BCUT2D eigenvalue weighted by Gasteiger charge is 2.76. The molecule has 8 nitrogen and oxygen atoms in total. The monoisotopic (exact) mass is 476 g/mol. The highest BCUT2D eigenvalue weighted by Crippen LogP contribution is 2.69. The fourth-order valence-electron chi connectivity index (χ4n) is 5.96. The Bertz CT molecular complexity index is 920. The number of hydrogen-bond donors (Lipinski definition) is 2. The molecule has 2 N–H and O–H groups in total. The maximum Gasteiger partial charge on any atom is 0.310 e. The molecule has 3 fully saturated rings. The van der Waals surface area contributed by atoms with E-state index in [2.05, 4.69) is 12.2 Å². The molecule has 33 heavy (non-hydrogen) atoms. The largest absolute Gasteiger partial charge is 0.497 e. The zero-order chi connectivity index (χ0) is 23.9. The maximum atomic E-state index is 13.8. The molecule has 0 radical (unpaired) electrons. The fraction of sp³-hybridized carbons (Fsp3) is 0.625. The third-order valence-corrected chi connectivity index (χ3v) is 9.50. The number of fused-ring (bicyclic) bond motifs is 1. The molecule has 180 valence electrons. The van der Waals surface area contributed by atoms with Gasteiger partial charge in [-0.2, -0.15) is 0 Å². The van der Waals surface area contributed by atoms with E-state index in [9.17, 15) is 19.5 Å². The molecule has 1 aromatic rings. The maximum absolute atomic E-state index is 13.8. The van der Waals surface area contributed by atoms with E-state index >= 15 is 0 Å². The lowest BCUT2D eigenvalue weighted by molar-refractivity contribution is -0.154. The van der Waals surface area contributed by atoms with Crippen LogP contribution in [0.4, 0.5) is 5.69 Å². The topological polar surface area (TPSA) is 105 Å². The van der Waals surface area contributed by atoms with Crippen LogP contribution in [-0.4, -0.2) is 70.2 Å². The van der Waals surface area contributed by atoms with Gasteiger partial charge in [-0.25, -0.2) is 0 Å². The molecule has 1 aromatic carbocycles. The average molecular weight is 477 g/mol. The molecule has 2 bridgehead atoms. The third-order valence-electron chi connectivity index (χ3n) is 7.42. The highest BCUT2D eigenvalue weighted by atomic mass is 32.2. The zero-order valence-electron chi connectivity index (χ0n) is 19.4. The Morgan fingerprint density at radius 3 is 2.58 bits per heavy atom. The molecule has 0 saturated carbocycles. The SMILES string of the molecule is CCOC(=O)[C@@H]1[C@H]2C(=O)N([C@@H](CC)CO)C(C(=O)Nc3ccc(OC)cc3)C23S[C@@H]1CC3C. The lowest BCUT2D eigenvalue weighted by Gasteiger charge is -2.39. The van der Waals surface area contributed by atoms with E-state index in [1.165, 1.54) is 0 Å². The summed E-state index contributed by atoms with van der Waals surface area (Å²) >= 11 is 1.59. The van der Waals surface area contributed by atoms with Gasteiger partial charge in [0.05, 0.1) is 42.9 Å². The van der Waals surface area contributed by atoms with Crippen LogP contribution in [0.5, 0.6) is 5.75 Å². The molecule has 3 heterocycles. The van der Waals surface area contributed by atoms with Crippen molar-refractivity contribution < 1.29 is 29.0 Å². The first-order valence-corrected chi connectivity index (χ1v) is 12.4. The van der Waals surface area contributed by atoms with Crippen LogP contribution in [0.25, 0.3) is 0 Å². The first-order chi connectivity index (χ1) is 15.8. The first kappa shape index (κ1) is 23.9. The number of thioether (sulfide) groups is 1. The van der Waals surface area contributed by atoms with Crippen LogP contribution < -0.4 is 10.1 Å². The highest BCUT2D eigenvalue weighted by molar-refractivity contribution is 8.02. The van der Waals surface area contributed by atoms with Crippen molar-refractivity contribution >= 4 is 35.2 Å². The Kier molecular flexibility index (Phi) is 6.64. The minimum atomic E-state index is -0.793. The summed E-state index contributed by atoms with van der Waals surface area (Å²) in [5.41, 5.74) is 0.595. The number of anilines is 1. The molecule has 3 aliphatic heterocycles. The number of methoxy groups -OCH3 is 1. The van der Waals surface area contributed by atoms with Gasteiger partial charge in [-0.3, -0.25) is 14.4 Å². The number of benzene rings is 1. The Morgan fingerprint density at radius 2 is 2.00 bits per heavy atom. The predicted molar refractivity (Wildman–Crippen MR) is 125 cm³/mol. The van der Waals surface area contributed by atoms with E-state index in [1.807, 2.05) is 6.92 Å². The number of amides is 2. The summed E-state index contributed by atoms with van der Waals surface area (Å²) in [6.07, 6.45) is 1.25. The number of aliphatic hydroxyl groups is 1. The van der Waals surface area contributed by atoms with Gasteiger partial charge in [-0.05, 0) is 49.9 Å². The minimum absolute atomic E-state index is 0.0550. The van der Waals surface area contributed by atoms with Crippen molar-refractivity contribution in [1.29, 1.82) is 0 Å². The Hall–Kier alpha value is -2.26. The smallest absolute Gasteiger partial charge is 0.310 e. The molecular formula is C24H32N2O6S. The summed E-state index contributed by atoms with van der Waals surface area (Å²) in [7, 11) is 1.57. The average Bonchev–Trinajstić information content (AvgIpc) is 3.39. The molecule has 0 aromatic heterocycles. The van der Waals surface area contributed by atoms with Crippen LogP contribution in [0.3, 0.4) is 0 Å². The molecule has 7 atom stereocenters. The number of carbonyl (C=O) groups excluding carboxylic acids is 3. The van der Waals surface area contributed by atoms with Crippen molar-refractivity contribution in [2.45, 2.75) is 55.7 Å². The van der Waals surface area contributed by atoms with Gasteiger partial charge < -0.3 is 24.8 Å². The van der Waals surface area contributed by atoms with Gasteiger partial charge >= 0.3 is 5.97 Å². The second-order valence-corrected chi connectivity index (χ2v) is 10.6. The van der Waals surface area contributed by atoms with Crippen molar-refractivity contribution in [2.75, 3.05) is 25.6 Å². The van der Waals surface area contributed by atoms with Crippen molar-refractivity contribution in [3.05, 3.63) is 24.3 Å². The number of nitrogens with one attached hydrogen (secondary N) is 1. The molecule has 3 aliphatic rings. The van der Waals surface area contributed by atoms with Gasteiger partial charge in [-0.1, -0.05) is 13.8 Å². The van der Waals surface area contributed by atoms with Crippen LogP contribution in [0.1, 0.15) is 33.6 Å². The molecule has 2 amide bonds. The van der Waals surface area contributed by atoms with E-state index < -0.39 is 28.7 Å². The van der Waals surface area contributed by atoms with Gasteiger partial charge in [0.2, 0.25) is 11.8 Å². The number of rotatable bonds is 8. The first-order valence-electron chi connectivity index (χ1n) is 11.6. The standard InChI is InChI=1S/C24H32N2O6S/c1-5-15(12-27)26-20(21(28)25-14-7-9-16(31-4)10-8-14)24-13(3)11-17(33-24)18(19(24)22(26)29)23(30)32-6-2/h7-10,13,15,17-20,27H,5-6,11-12H2,1-4H3,(H,25,28)/t13?,15-,17+,18-,19-,20?,24?/m0/s1. The molecule has 0 aliphatic carbocycles. The van der Waals surface area contributed by atoms with E-state index in [4.69, 9.17) is 9.47 Å². The zero-order valence-corrected chi connectivity index (χ0v) is 20.3. The summed E-state index contributed by atoms with van der Waals surface area (Å²) in [5, 5.41) is 13.0. The van der Waals surface area contributed by atoms with Gasteiger partial charge in [0.15, 0.2) is 0 Å². The van der Waals surface area contributed by atoms with Gasteiger partial charge in [0, 0.05) is 10.9 Å². The summed E-state index contributed by atoms with van der Waals surface area (Å²) in [5.74, 6) is -1.38. The Balaban J connectivity index is 1.74. The number of aliphatic hydroxyl groups excluding tert-OH is 1. The fourth-order valence-corrected chi connectivity index (χ4v) is 8.35. The van der Waals surface area contributed by atoms with Gasteiger partial charge in [0.1, 0.15) is 11.8 Å². The summed E-state index contributed by atoms with van der Waals surface area (Å²) in [4.78, 5) is 42.1. The van der Waals surface area contributed by atoms with Crippen LogP contribution in [0.15, 0.2) is 24.3 Å². The second kappa shape index (κ2) is 9.18. The molecule has 3 saturated heterocycles. The molecule has 1 spiro atoms. The summed E-state index contributed by atoms with van der Waals surface area (Å²) in [6, 6.07) is 5.72. The van der Waals surface area contributed by atoms with E-state index in [1.54, 1.807) is 55.0 Å². The van der Waals surface area contributed by atoms with Crippen molar-refractivity contribution in [2.24, 2.45) is 17.8 Å². The van der Waals surface area contributed by atoms with Crippen molar-refractivity contribution in [3.8, 4) is 5.75 Å². The molecule has 9 heteroatoms. The second-order valence-electron chi connectivity index (χ2n) is 9.01. The van der Waals surface area contributed by atoms with E-state index in [0.717, 1.165) is 6.42 Å². The molecule has 3 unspecified atom stereocenters.